The van der Waals surface area contributed by atoms with Crippen molar-refractivity contribution < 1.29 is 23.9 Å². The van der Waals surface area contributed by atoms with E-state index in [9.17, 15) is 14.4 Å². The number of benzene rings is 2. The maximum atomic E-state index is 11.8. The summed E-state index contributed by atoms with van der Waals surface area (Å²) in [7, 11) is 1.45. The molecule has 0 bridgehead atoms. The summed E-state index contributed by atoms with van der Waals surface area (Å²) in [5, 5.41) is 0. The van der Waals surface area contributed by atoms with Gasteiger partial charge in [0.15, 0.2) is 0 Å². The summed E-state index contributed by atoms with van der Waals surface area (Å²) in [4.78, 5) is 35.2. The molecule has 2 aromatic rings. The molecule has 0 radical (unpaired) electrons. The lowest BCUT2D eigenvalue weighted by Gasteiger charge is -2.04. The summed E-state index contributed by atoms with van der Waals surface area (Å²) in [6.45, 7) is 0. The van der Waals surface area contributed by atoms with Gasteiger partial charge in [-0.05, 0) is 18.2 Å². The molecule has 0 fully saturated rings. The number of methoxy groups -OCH3 is 1. The molecule has 2 aromatic carbocycles. The third-order valence-electron chi connectivity index (χ3n) is 2.71. The molecule has 0 spiro atoms. The van der Waals surface area contributed by atoms with Crippen molar-refractivity contribution in [1.29, 1.82) is 0 Å². The van der Waals surface area contributed by atoms with E-state index in [1.807, 2.05) is 0 Å². The van der Waals surface area contributed by atoms with Crippen molar-refractivity contribution in [2.75, 3.05) is 7.11 Å². The van der Waals surface area contributed by atoms with E-state index in [2.05, 4.69) is 4.74 Å². The van der Waals surface area contributed by atoms with Crippen molar-refractivity contribution in [3.05, 3.63) is 65.7 Å². The van der Waals surface area contributed by atoms with Crippen LogP contribution in [-0.2, 0) is 9.53 Å². The molecule has 0 aromatic heterocycles. The van der Waals surface area contributed by atoms with Crippen molar-refractivity contribution in [2.24, 2.45) is 0 Å². The quantitative estimate of drug-likeness (QED) is 0.373. The number of hydrogen-bond donors (Lipinski definition) is 0. The summed E-state index contributed by atoms with van der Waals surface area (Å²) in [5.41, 5.74) is 0.296. The van der Waals surface area contributed by atoms with E-state index in [1.54, 1.807) is 30.3 Å². The fraction of sp³-hybridized carbons (Fsp3) is 0.0625. The van der Waals surface area contributed by atoms with Gasteiger partial charge in [-0.15, -0.1) is 0 Å². The van der Waals surface area contributed by atoms with Gasteiger partial charge in [-0.2, -0.15) is 0 Å². The minimum Gasteiger partial charge on any atom is -0.497 e. The molecule has 2 rings (SSSR count). The molecular formula is C16H12O5. The first-order valence-electron chi connectivity index (χ1n) is 6.12. The van der Waals surface area contributed by atoms with Crippen molar-refractivity contribution in [2.45, 2.75) is 0 Å². The van der Waals surface area contributed by atoms with Crippen LogP contribution in [0.15, 0.2) is 54.6 Å². The van der Waals surface area contributed by atoms with Crippen LogP contribution >= 0.6 is 0 Å². The lowest BCUT2D eigenvalue weighted by atomic mass is 10.1. The van der Waals surface area contributed by atoms with Crippen molar-refractivity contribution in [1.82, 2.24) is 0 Å². The predicted molar refractivity (Wildman–Crippen MR) is 74.2 cm³/mol. The first-order valence-corrected chi connectivity index (χ1v) is 6.12. The SMILES string of the molecule is COc1cccc(C(=O)OC(=O)C(=O)c2ccccc2)c1. The summed E-state index contributed by atoms with van der Waals surface area (Å²) in [5.74, 6) is -2.53. The van der Waals surface area contributed by atoms with E-state index < -0.39 is 17.7 Å². The number of ether oxygens (including phenoxy) is 2. The molecule has 106 valence electrons. The van der Waals surface area contributed by atoms with Crippen LogP contribution in [0.5, 0.6) is 5.75 Å². The van der Waals surface area contributed by atoms with Crippen LogP contribution in [0.3, 0.4) is 0 Å². The Hall–Kier alpha value is -2.95. The summed E-state index contributed by atoms with van der Waals surface area (Å²) in [6.07, 6.45) is 0. The van der Waals surface area contributed by atoms with Crippen LogP contribution in [0.25, 0.3) is 0 Å². The Bertz CT molecular complexity index is 676. The molecule has 0 saturated heterocycles. The van der Waals surface area contributed by atoms with E-state index in [4.69, 9.17) is 4.74 Å². The molecule has 0 saturated carbocycles. The van der Waals surface area contributed by atoms with Gasteiger partial charge in [-0.25, -0.2) is 9.59 Å². The van der Waals surface area contributed by atoms with Crippen LogP contribution in [0.4, 0.5) is 0 Å². The molecule has 0 heterocycles. The Balaban J connectivity index is 2.08. The fourth-order valence-corrected chi connectivity index (χ4v) is 1.65. The van der Waals surface area contributed by atoms with Crippen LogP contribution in [0.1, 0.15) is 20.7 Å². The Morgan fingerprint density at radius 2 is 1.52 bits per heavy atom. The Labute approximate surface area is 121 Å². The largest absolute Gasteiger partial charge is 0.497 e. The summed E-state index contributed by atoms with van der Waals surface area (Å²) in [6, 6.07) is 14.0. The first-order chi connectivity index (χ1) is 10.1. The van der Waals surface area contributed by atoms with E-state index in [-0.39, 0.29) is 11.1 Å². The molecule has 0 aliphatic heterocycles. The second kappa shape index (κ2) is 6.47. The fourth-order valence-electron chi connectivity index (χ4n) is 1.65. The van der Waals surface area contributed by atoms with Gasteiger partial charge in [-0.3, -0.25) is 4.79 Å². The number of carbonyl (C=O) groups excluding carboxylic acids is 3. The number of esters is 2. The second-order valence-corrected chi connectivity index (χ2v) is 4.10. The van der Waals surface area contributed by atoms with Crippen molar-refractivity contribution in [3.8, 4) is 5.75 Å². The minimum atomic E-state index is -1.21. The molecule has 0 aliphatic rings. The van der Waals surface area contributed by atoms with Crippen LogP contribution in [0, 0.1) is 0 Å². The Kier molecular flexibility index (Phi) is 4.46. The van der Waals surface area contributed by atoms with E-state index in [0.29, 0.717) is 5.75 Å². The number of rotatable bonds is 4. The number of hydrogen-bond acceptors (Lipinski definition) is 5. The first kappa shape index (κ1) is 14.5. The third-order valence-corrected chi connectivity index (χ3v) is 2.71. The number of carbonyl (C=O) groups is 3. The zero-order valence-corrected chi connectivity index (χ0v) is 11.2. The van der Waals surface area contributed by atoms with E-state index in [1.165, 1.54) is 31.4 Å². The minimum absolute atomic E-state index is 0.128. The van der Waals surface area contributed by atoms with Gasteiger partial charge < -0.3 is 9.47 Å². The highest BCUT2D eigenvalue weighted by Gasteiger charge is 2.22. The zero-order chi connectivity index (χ0) is 15.2. The molecule has 5 heteroatoms. The maximum absolute atomic E-state index is 11.8. The monoisotopic (exact) mass is 284 g/mol. The number of ketones is 1. The summed E-state index contributed by atoms with van der Waals surface area (Å²) >= 11 is 0. The number of Topliss-reactive ketones (excluding diaryl/α,β-unsaturated/α-hetero) is 1. The normalized spacial score (nSPS) is 9.76. The molecule has 0 atom stereocenters. The van der Waals surface area contributed by atoms with Crippen molar-refractivity contribution in [3.63, 3.8) is 0 Å². The standard InChI is InChI=1S/C16H12O5/c1-20-13-9-5-8-12(10-13)15(18)21-16(19)14(17)11-6-3-2-4-7-11/h2-10H,1H3. The second-order valence-electron chi connectivity index (χ2n) is 4.10. The van der Waals surface area contributed by atoms with Gasteiger partial charge in [0.05, 0.1) is 12.7 Å². The van der Waals surface area contributed by atoms with Gasteiger partial charge in [-0.1, -0.05) is 36.4 Å². The van der Waals surface area contributed by atoms with Gasteiger partial charge >= 0.3 is 11.9 Å². The van der Waals surface area contributed by atoms with Crippen LogP contribution in [-0.4, -0.2) is 24.8 Å². The molecular weight excluding hydrogens is 272 g/mol. The van der Waals surface area contributed by atoms with Crippen LogP contribution < -0.4 is 4.74 Å². The molecule has 0 unspecified atom stereocenters. The molecule has 0 N–H and O–H groups in total. The van der Waals surface area contributed by atoms with Gasteiger partial charge in [0, 0.05) is 5.56 Å². The topological polar surface area (TPSA) is 69.7 Å². The van der Waals surface area contributed by atoms with E-state index in [0.717, 1.165) is 0 Å². The average molecular weight is 284 g/mol. The average Bonchev–Trinajstić information content (AvgIpc) is 2.54. The highest BCUT2D eigenvalue weighted by Crippen LogP contribution is 2.13. The van der Waals surface area contributed by atoms with E-state index >= 15 is 0 Å². The molecule has 21 heavy (non-hydrogen) atoms. The lowest BCUT2D eigenvalue weighted by Crippen LogP contribution is -2.21. The molecule has 5 nitrogen and oxygen atoms in total. The van der Waals surface area contributed by atoms with Gasteiger partial charge in [0.1, 0.15) is 5.75 Å². The Morgan fingerprint density at radius 3 is 2.19 bits per heavy atom. The molecule has 0 aliphatic carbocycles. The van der Waals surface area contributed by atoms with Crippen LogP contribution in [0.2, 0.25) is 0 Å². The summed E-state index contributed by atoms with van der Waals surface area (Å²) < 4.78 is 9.54. The zero-order valence-electron chi connectivity index (χ0n) is 11.2. The van der Waals surface area contributed by atoms with Crippen molar-refractivity contribution >= 4 is 17.7 Å². The lowest BCUT2D eigenvalue weighted by molar-refractivity contribution is -0.132. The van der Waals surface area contributed by atoms with Gasteiger partial charge in [0.25, 0.3) is 5.78 Å². The smallest absolute Gasteiger partial charge is 0.387 e. The third kappa shape index (κ3) is 3.54. The highest BCUT2D eigenvalue weighted by atomic mass is 16.6. The molecule has 0 amide bonds. The maximum Gasteiger partial charge on any atom is 0.387 e. The van der Waals surface area contributed by atoms with Gasteiger partial charge in [0.2, 0.25) is 0 Å². The highest BCUT2D eigenvalue weighted by molar-refractivity contribution is 6.42. The predicted octanol–water partition coefficient (Wildman–Crippen LogP) is 2.26. The Morgan fingerprint density at radius 1 is 0.857 bits per heavy atom.